The number of cyclic esters (lactones) is 2. The highest BCUT2D eigenvalue weighted by Crippen LogP contribution is 2.32. The number of aromatic nitrogens is 1. The highest BCUT2D eigenvalue weighted by Gasteiger charge is 2.41. The summed E-state index contributed by atoms with van der Waals surface area (Å²) in [5.41, 5.74) is 0.665. The van der Waals surface area contributed by atoms with Crippen LogP contribution in [0.15, 0.2) is 42.6 Å². The van der Waals surface area contributed by atoms with Gasteiger partial charge >= 0.3 is 17.9 Å². The van der Waals surface area contributed by atoms with Gasteiger partial charge in [-0.15, -0.1) is 0 Å². The topological polar surface area (TPSA) is 149 Å². The Kier molecular flexibility index (Phi) is 10.9. The number of carbonyl (C=O) groups excluding carboxylic acids is 4. The van der Waals surface area contributed by atoms with Gasteiger partial charge in [-0.1, -0.05) is 44.2 Å². The maximum absolute atomic E-state index is 13.4. The molecule has 1 N–H and O–H groups in total. The molecule has 1 saturated heterocycles. The van der Waals surface area contributed by atoms with Gasteiger partial charge in [-0.3, -0.25) is 14.4 Å². The average molecular weight is 599 g/mol. The second-order valence-corrected chi connectivity index (χ2v) is 11.0. The Morgan fingerprint density at radius 2 is 1.84 bits per heavy atom. The van der Waals surface area contributed by atoms with Crippen LogP contribution in [0.25, 0.3) is 0 Å². The fraction of sp³-hybridized carbons (Fsp3) is 0.516. The average Bonchev–Trinajstić information content (AvgIpc) is 3.84. The number of esters is 3. The van der Waals surface area contributed by atoms with Crippen molar-refractivity contribution in [3.05, 3.63) is 53.9 Å². The lowest BCUT2D eigenvalue weighted by Crippen LogP contribution is -2.46. The molecule has 1 amide bonds. The molecule has 232 valence electrons. The third-order valence-corrected chi connectivity index (χ3v) is 6.99. The lowest BCUT2D eigenvalue weighted by atomic mass is 9.91. The predicted octanol–water partition coefficient (Wildman–Crippen LogP) is 2.87. The monoisotopic (exact) mass is 598 g/mol. The van der Waals surface area contributed by atoms with E-state index in [1.165, 1.54) is 19.4 Å². The number of methoxy groups -OCH3 is 1. The fourth-order valence-corrected chi connectivity index (χ4v) is 4.56. The van der Waals surface area contributed by atoms with Gasteiger partial charge in [0.25, 0.3) is 5.91 Å². The Balaban J connectivity index is 1.51. The Morgan fingerprint density at radius 1 is 1.09 bits per heavy atom. The molecule has 0 spiro atoms. The molecule has 2 fully saturated rings. The molecule has 1 aliphatic heterocycles. The maximum atomic E-state index is 13.4. The molecule has 4 rings (SSSR count). The van der Waals surface area contributed by atoms with Crippen molar-refractivity contribution in [3.63, 3.8) is 0 Å². The lowest BCUT2D eigenvalue weighted by molar-refractivity contribution is -0.165. The minimum atomic E-state index is -1.35. The van der Waals surface area contributed by atoms with E-state index in [1.807, 2.05) is 44.2 Å². The molecule has 1 saturated carbocycles. The van der Waals surface area contributed by atoms with E-state index in [2.05, 4.69) is 10.3 Å². The molecule has 4 atom stereocenters. The van der Waals surface area contributed by atoms with Crippen molar-refractivity contribution in [2.75, 3.05) is 27.1 Å². The summed E-state index contributed by atoms with van der Waals surface area (Å²) in [5.74, 6) is -3.26. The van der Waals surface area contributed by atoms with Gasteiger partial charge in [0.2, 0.25) is 6.79 Å². The summed E-state index contributed by atoms with van der Waals surface area (Å²) >= 11 is 0. The van der Waals surface area contributed by atoms with E-state index >= 15 is 0 Å². The van der Waals surface area contributed by atoms with E-state index in [-0.39, 0.29) is 35.0 Å². The summed E-state index contributed by atoms with van der Waals surface area (Å²) in [6.45, 7) is 5.01. The van der Waals surface area contributed by atoms with E-state index in [9.17, 15) is 19.2 Å². The van der Waals surface area contributed by atoms with Crippen LogP contribution >= 0.6 is 0 Å². The largest absolute Gasteiger partial charge is 0.493 e. The zero-order chi connectivity index (χ0) is 30.9. The number of nitrogens with zero attached hydrogens (tertiary/aromatic N) is 1. The molecule has 1 aliphatic carbocycles. The van der Waals surface area contributed by atoms with Crippen molar-refractivity contribution in [1.29, 1.82) is 0 Å². The summed E-state index contributed by atoms with van der Waals surface area (Å²) in [6, 6.07) is 9.53. The maximum Gasteiger partial charge on any atom is 0.332 e. The smallest absolute Gasteiger partial charge is 0.332 e. The van der Waals surface area contributed by atoms with Gasteiger partial charge in [0, 0.05) is 18.9 Å². The Hall–Kier alpha value is -4.19. The molecule has 0 radical (unpaired) electrons. The molecular weight excluding hydrogens is 560 g/mol. The van der Waals surface area contributed by atoms with E-state index in [0.717, 1.165) is 18.4 Å². The van der Waals surface area contributed by atoms with Crippen LogP contribution in [0.4, 0.5) is 0 Å². The van der Waals surface area contributed by atoms with E-state index in [0.29, 0.717) is 13.0 Å². The number of nitrogens with one attached hydrogen (secondary N) is 1. The van der Waals surface area contributed by atoms with Crippen LogP contribution in [0.2, 0.25) is 0 Å². The third-order valence-electron chi connectivity index (χ3n) is 6.99. The molecule has 1 aromatic heterocycles. The Morgan fingerprint density at radius 3 is 2.51 bits per heavy atom. The molecule has 12 heteroatoms. The van der Waals surface area contributed by atoms with Crippen molar-refractivity contribution < 1.29 is 47.6 Å². The quantitative estimate of drug-likeness (QED) is 0.218. The van der Waals surface area contributed by atoms with Crippen LogP contribution in [0, 0.1) is 17.8 Å². The first-order chi connectivity index (χ1) is 20.7. The highest BCUT2D eigenvalue weighted by molar-refractivity contribution is 5.98. The summed E-state index contributed by atoms with van der Waals surface area (Å²) in [5, 5.41) is 2.53. The van der Waals surface area contributed by atoms with Crippen LogP contribution in [0.5, 0.6) is 11.5 Å². The number of ether oxygens (including phenoxy) is 6. The number of hydrogen-bond donors (Lipinski definition) is 1. The number of benzene rings is 1. The van der Waals surface area contributed by atoms with Crippen LogP contribution < -0.4 is 14.8 Å². The molecule has 43 heavy (non-hydrogen) atoms. The van der Waals surface area contributed by atoms with Gasteiger partial charge < -0.3 is 33.7 Å². The zero-order valence-electron chi connectivity index (χ0n) is 24.8. The summed E-state index contributed by atoms with van der Waals surface area (Å²) < 4.78 is 33.4. The fourth-order valence-electron chi connectivity index (χ4n) is 4.56. The molecule has 12 nitrogen and oxygen atoms in total. The second-order valence-electron chi connectivity index (χ2n) is 11.0. The van der Waals surface area contributed by atoms with E-state index in [1.54, 1.807) is 6.92 Å². The van der Waals surface area contributed by atoms with Crippen LogP contribution in [0.1, 0.15) is 49.7 Å². The SMILES string of the molecule is COc1ccnc(C(=O)NC2COC(=O)C(Cc3ccccc3)C(OCC(C)C)C(C)OC2=O)c1OCOC(=O)C1CC1. The van der Waals surface area contributed by atoms with Gasteiger partial charge in [0.05, 0.1) is 18.9 Å². The zero-order valence-corrected chi connectivity index (χ0v) is 24.8. The summed E-state index contributed by atoms with van der Waals surface area (Å²) in [4.78, 5) is 56.0. The summed E-state index contributed by atoms with van der Waals surface area (Å²) in [7, 11) is 1.38. The van der Waals surface area contributed by atoms with Crippen LogP contribution in [-0.2, 0) is 39.8 Å². The van der Waals surface area contributed by atoms with Crippen LogP contribution in [-0.4, -0.2) is 74.2 Å². The first-order valence-electron chi connectivity index (χ1n) is 14.3. The standard InChI is InChI=1S/C31H38N2O10/c1-18(2)15-39-26-19(3)43-31(37)23(16-40-30(36)22(26)14-20-8-6-5-7-9-20)33-28(34)25-27(24(38-4)12-13-32-25)41-17-42-29(35)21-10-11-21/h5-9,12-13,18-19,21-23,26H,10-11,14-17H2,1-4H3,(H,33,34). The van der Waals surface area contributed by atoms with Crippen molar-refractivity contribution in [2.24, 2.45) is 17.8 Å². The molecule has 2 heterocycles. The normalized spacial score (nSPS) is 22.3. The van der Waals surface area contributed by atoms with E-state index in [4.69, 9.17) is 28.4 Å². The van der Waals surface area contributed by atoms with Crippen molar-refractivity contribution in [2.45, 2.75) is 58.3 Å². The molecule has 2 aliphatic rings. The predicted molar refractivity (Wildman–Crippen MR) is 151 cm³/mol. The molecule has 0 bridgehead atoms. The molecule has 2 aromatic rings. The number of rotatable bonds is 12. The van der Waals surface area contributed by atoms with Gasteiger partial charge in [-0.25, -0.2) is 9.78 Å². The van der Waals surface area contributed by atoms with Gasteiger partial charge in [-0.05, 0) is 37.7 Å². The number of pyridine rings is 1. The Labute approximate surface area is 250 Å². The Bertz CT molecular complexity index is 1280. The minimum Gasteiger partial charge on any atom is -0.493 e. The van der Waals surface area contributed by atoms with Crippen molar-refractivity contribution in [3.8, 4) is 11.5 Å². The van der Waals surface area contributed by atoms with Gasteiger partial charge in [-0.2, -0.15) is 0 Å². The summed E-state index contributed by atoms with van der Waals surface area (Å²) in [6.07, 6.45) is 1.54. The molecule has 1 aromatic carbocycles. The second kappa shape index (κ2) is 14.8. The highest BCUT2D eigenvalue weighted by atomic mass is 16.7. The van der Waals surface area contributed by atoms with Crippen LogP contribution in [0.3, 0.4) is 0 Å². The van der Waals surface area contributed by atoms with E-state index < -0.39 is 55.4 Å². The van der Waals surface area contributed by atoms with Crippen molar-refractivity contribution >= 4 is 23.8 Å². The van der Waals surface area contributed by atoms with Gasteiger partial charge in [0.15, 0.2) is 23.2 Å². The first kappa shape index (κ1) is 31.7. The molecular formula is C31H38N2O10. The molecule has 4 unspecified atom stereocenters. The van der Waals surface area contributed by atoms with Crippen molar-refractivity contribution in [1.82, 2.24) is 10.3 Å². The third kappa shape index (κ3) is 8.66. The lowest BCUT2D eigenvalue weighted by Gasteiger charge is -2.30. The van der Waals surface area contributed by atoms with Gasteiger partial charge in [0.1, 0.15) is 18.8 Å². The number of hydrogen-bond acceptors (Lipinski definition) is 11. The number of carbonyl (C=O) groups is 4. The first-order valence-corrected chi connectivity index (χ1v) is 14.3. The number of amides is 1. The minimum absolute atomic E-state index is 0.0852.